The summed E-state index contributed by atoms with van der Waals surface area (Å²) in [5.74, 6) is -0.175. The highest BCUT2D eigenvalue weighted by atomic mass is 35.5. The second kappa shape index (κ2) is 5.80. The molecule has 0 unspecified atom stereocenters. The zero-order chi connectivity index (χ0) is 13.8. The maximum Gasteiger partial charge on any atom is 0.274 e. The third kappa shape index (κ3) is 3.51. The van der Waals surface area contributed by atoms with E-state index in [9.17, 15) is 4.79 Å². The van der Waals surface area contributed by atoms with Crippen molar-refractivity contribution in [1.29, 1.82) is 0 Å². The maximum absolute atomic E-state index is 12.1. The van der Waals surface area contributed by atoms with Crippen LogP contribution in [0.4, 0.5) is 0 Å². The van der Waals surface area contributed by atoms with Crippen LogP contribution < -0.4 is 0 Å². The fourth-order valence-electron chi connectivity index (χ4n) is 1.78. The summed E-state index contributed by atoms with van der Waals surface area (Å²) in [6, 6.07) is 11.2. The molecule has 5 heteroatoms. The molecule has 2 aromatic rings. The van der Waals surface area contributed by atoms with Crippen molar-refractivity contribution in [1.82, 2.24) is 15.1 Å². The average Bonchev–Trinajstić information content (AvgIpc) is 2.39. The third-order valence-corrected chi connectivity index (χ3v) is 2.90. The molecule has 4 nitrogen and oxygen atoms in total. The first kappa shape index (κ1) is 13.5. The van der Waals surface area contributed by atoms with E-state index < -0.39 is 0 Å². The quantitative estimate of drug-likeness (QED) is 0.865. The molecule has 1 heterocycles. The summed E-state index contributed by atoms with van der Waals surface area (Å²) < 4.78 is 0. The number of carbonyl (C=O) groups is 1. The molecule has 0 spiro atoms. The van der Waals surface area contributed by atoms with Crippen LogP contribution in [0, 0.1) is 6.92 Å². The van der Waals surface area contributed by atoms with Gasteiger partial charge in [0.15, 0.2) is 10.8 Å². The summed E-state index contributed by atoms with van der Waals surface area (Å²) in [5, 5.41) is 7.73. The lowest BCUT2D eigenvalue weighted by Gasteiger charge is -2.16. The lowest BCUT2D eigenvalue weighted by atomic mass is 10.1. The van der Waals surface area contributed by atoms with Crippen LogP contribution in [0.15, 0.2) is 36.4 Å². The van der Waals surface area contributed by atoms with E-state index in [4.69, 9.17) is 11.6 Å². The highest BCUT2D eigenvalue weighted by Gasteiger charge is 2.13. The zero-order valence-corrected chi connectivity index (χ0v) is 11.6. The Morgan fingerprint density at radius 1 is 1.26 bits per heavy atom. The van der Waals surface area contributed by atoms with Crippen LogP contribution >= 0.6 is 11.6 Å². The van der Waals surface area contributed by atoms with Crippen LogP contribution in [0.25, 0.3) is 0 Å². The van der Waals surface area contributed by atoms with Gasteiger partial charge in [-0.3, -0.25) is 4.79 Å². The fourth-order valence-corrected chi connectivity index (χ4v) is 1.88. The summed E-state index contributed by atoms with van der Waals surface area (Å²) >= 11 is 5.64. The molecule has 0 radical (unpaired) electrons. The van der Waals surface area contributed by atoms with Crippen LogP contribution in [-0.4, -0.2) is 28.1 Å². The average molecular weight is 276 g/mol. The summed E-state index contributed by atoms with van der Waals surface area (Å²) in [7, 11) is 1.74. The number of nitrogens with zero attached hydrogens (tertiary/aromatic N) is 3. The number of aromatic nitrogens is 2. The van der Waals surface area contributed by atoms with Crippen LogP contribution in [0.2, 0.25) is 5.15 Å². The molecule has 0 aliphatic rings. The number of benzene rings is 1. The van der Waals surface area contributed by atoms with E-state index in [0.717, 1.165) is 5.56 Å². The molecule has 0 saturated heterocycles. The van der Waals surface area contributed by atoms with Crippen molar-refractivity contribution >= 4 is 17.5 Å². The second-order valence-electron chi connectivity index (χ2n) is 4.39. The molecule has 1 aromatic heterocycles. The Kier molecular flexibility index (Phi) is 4.12. The van der Waals surface area contributed by atoms with Crippen LogP contribution in [0.1, 0.15) is 21.6 Å². The third-order valence-electron chi connectivity index (χ3n) is 2.70. The van der Waals surface area contributed by atoms with Gasteiger partial charge in [-0.05, 0) is 24.6 Å². The topological polar surface area (TPSA) is 46.1 Å². The van der Waals surface area contributed by atoms with Crippen molar-refractivity contribution in [2.24, 2.45) is 0 Å². The minimum Gasteiger partial charge on any atom is -0.336 e. The van der Waals surface area contributed by atoms with Gasteiger partial charge in [0.1, 0.15) is 0 Å². The highest BCUT2D eigenvalue weighted by Crippen LogP contribution is 2.09. The molecule has 0 N–H and O–H groups in total. The molecule has 0 aliphatic heterocycles. The maximum atomic E-state index is 12.1. The molecule has 0 aliphatic carbocycles. The minimum atomic E-state index is -0.175. The predicted octanol–water partition coefficient (Wildman–Crippen LogP) is 2.71. The van der Waals surface area contributed by atoms with E-state index in [1.807, 2.05) is 25.1 Å². The van der Waals surface area contributed by atoms with E-state index >= 15 is 0 Å². The Morgan fingerprint density at radius 2 is 2.05 bits per heavy atom. The number of hydrogen-bond donors (Lipinski definition) is 0. The molecule has 2 rings (SSSR count). The molecule has 0 saturated carbocycles. The summed E-state index contributed by atoms with van der Waals surface area (Å²) in [5.41, 5.74) is 2.54. The van der Waals surface area contributed by atoms with Crippen LogP contribution in [0.3, 0.4) is 0 Å². The van der Waals surface area contributed by atoms with Gasteiger partial charge in [0, 0.05) is 13.6 Å². The molecule has 0 bridgehead atoms. The van der Waals surface area contributed by atoms with Crippen molar-refractivity contribution in [2.45, 2.75) is 13.5 Å². The lowest BCUT2D eigenvalue weighted by molar-refractivity contribution is 0.0778. The molecule has 1 aromatic carbocycles. The molecular weight excluding hydrogens is 262 g/mol. The SMILES string of the molecule is Cc1cccc(CN(C)C(=O)c2ccc(Cl)nn2)c1. The van der Waals surface area contributed by atoms with Crippen molar-refractivity contribution in [3.8, 4) is 0 Å². The summed E-state index contributed by atoms with van der Waals surface area (Å²) in [4.78, 5) is 13.7. The van der Waals surface area contributed by atoms with Gasteiger partial charge < -0.3 is 4.90 Å². The Bertz CT molecular complexity index is 583. The monoisotopic (exact) mass is 275 g/mol. The van der Waals surface area contributed by atoms with Gasteiger partial charge >= 0.3 is 0 Å². The van der Waals surface area contributed by atoms with E-state index in [-0.39, 0.29) is 11.1 Å². The Hall–Kier alpha value is -1.94. The van der Waals surface area contributed by atoms with Gasteiger partial charge in [-0.15, -0.1) is 10.2 Å². The predicted molar refractivity (Wildman–Crippen MR) is 74.0 cm³/mol. The summed E-state index contributed by atoms with van der Waals surface area (Å²) in [6.45, 7) is 2.56. The smallest absolute Gasteiger partial charge is 0.274 e. The largest absolute Gasteiger partial charge is 0.336 e. The van der Waals surface area contributed by atoms with Gasteiger partial charge in [0.2, 0.25) is 0 Å². The molecule has 98 valence electrons. The standard InChI is InChI=1S/C14H14ClN3O/c1-10-4-3-5-11(8-10)9-18(2)14(19)12-6-7-13(15)17-16-12/h3-8H,9H2,1-2H3. The normalized spacial score (nSPS) is 10.3. The Labute approximate surface area is 117 Å². The number of halogens is 1. The van der Waals surface area contributed by atoms with E-state index in [2.05, 4.69) is 16.3 Å². The first-order valence-electron chi connectivity index (χ1n) is 5.86. The number of aryl methyl sites for hydroxylation is 1. The van der Waals surface area contributed by atoms with E-state index in [1.54, 1.807) is 24.1 Å². The molecule has 0 fully saturated rings. The molecular formula is C14H14ClN3O. The van der Waals surface area contributed by atoms with Gasteiger partial charge in [0.05, 0.1) is 0 Å². The Balaban J connectivity index is 2.09. The molecule has 0 atom stereocenters. The van der Waals surface area contributed by atoms with Crippen molar-refractivity contribution in [2.75, 3.05) is 7.05 Å². The van der Waals surface area contributed by atoms with Crippen LogP contribution in [-0.2, 0) is 6.54 Å². The van der Waals surface area contributed by atoms with E-state index in [0.29, 0.717) is 12.2 Å². The zero-order valence-electron chi connectivity index (χ0n) is 10.8. The lowest BCUT2D eigenvalue weighted by Crippen LogP contribution is -2.27. The number of rotatable bonds is 3. The number of amides is 1. The Morgan fingerprint density at radius 3 is 2.68 bits per heavy atom. The fraction of sp³-hybridized carbons (Fsp3) is 0.214. The van der Waals surface area contributed by atoms with Crippen molar-refractivity contribution < 1.29 is 4.79 Å². The highest BCUT2D eigenvalue weighted by molar-refractivity contribution is 6.29. The minimum absolute atomic E-state index is 0.175. The first-order valence-corrected chi connectivity index (χ1v) is 6.24. The molecule has 19 heavy (non-hydrogen) atoms. The summed E-state index contributed by atoms with van der Waals surface area (Å²) in [6.07, 6.45) is 0. The number of hydrogen-bond acceptors (Lipinski definition) is 3. The van der Waals surface area contributed by atoms with Gasteiger partial charge in [-0.2, -0.15) is 0 Å². The van der Waals surface area contributed by atoms with Gasteiger partial charge in [-0.25, -0.2) is 0 Å². The number of carbonyl (C=O) groups excluding carboxylic acids is 1. The first-order chi connectivity index (χ1) is 9.06. The van der Waals surface area contributed by atoms with Gasteiger partial charge in [0.25, 0.3) is 5.91 Å². The van der Waals surface area contributed by atoms with Gasteiger partial charge in [-0.1, -0.05) is 41.4 Å². The van der Waals surface area contributed by atoms with Crippen LogP contribution in [0.5, 0.6) is 0 Å². The van der Waals surface area contributed by atoms with Crippen molar-refractivity contribution in [3.63, 3.8) is 0 Å². The second-order valence-corrected chi connectivity index (χ2v) is 4.78. The van der Waals surface area contributed by atoms with Crippen molar-refractivity contribution in [3.05, 3.63) is 58.4 Å². The van der Waals surface area contributed by atoms with E-state index in [1.165, 1.54) is 5.56 Å². The molecule has 1 amide bonds.